The molecule has 4 rings (SSSR count). The van der Waals surface area contributed by atoms with Crippen molar-refractivity contribution in [2.45, 2.75) is 17.7 Å². The molecule has 3 heterocycles. The second kappa shape index (κ2) is 9.86. The Morgan fingerprint density at radius 1 is 1.33 bits per heavy atom. The number of aromatic nitrogens is 2. The van der Waals surface area contributed by atoms with E-state index in [-0.39, 0.29) is 24.2 Å². The lowest BCUT2D eigenvalue weighted by atomic mass is 10.1. The zero-order chi connectivity index (χ0) is 20.9. The zero-order valence-corrected chi connectivity index (χ0v) is 18.5. The predicted molar refractivity (Wildman–Crippen MR) is 118 cm³/mol. The monoisotopic (exact) mass is 447 g/mol. The van der Waals surface area contributed by atoms with Gasteiger partial charge in [-0.15, -0.1) is 10.2 Å². The highest BCUT2D eigenvalue weighted by atomic mass is 32.2. The lowest BCUT2D eigenvalue weighted by molar-refractivity contribution is -0.122. The normalized spacial score (nSPS) is 20.0. The first-order chi connectivity index (χ1) is 14.6. The third-order valence-corrected chi connectivity index (χ3v) is 7.13. The minimum Gasteiger partial charge on any atom is -0.379 e. The molecule has 1 aromatic carbocycles. The molecule has 1 aromatic heterocycles. The number of hydrogen-bond acceptors (Lipinski definition) is 8. The van der Waals surface area contributed by atoms with Gasteiger partial charge in [0.1, 0.15) is 0 Å². The number of carbonyl (C=O) groups excluding carboxylic acids is 2. The fraction of sp³-hybridized carbons (Fsp3) is 0.500. The summed E-state index contributed by atoms with van der Waals surface area (Å²) in [6.07, 6.45) is 0.208. The maximum atomic E-state index is 12.7. The van der Waals surface area contributed by atoms with Gasteiger partial charge in [-0.2, -0.15) is 0 Å². The summed E-state index contributed by atoms with van der Waals surface area (Å²) in [5, 5.41) is 11.6. The van der Waals surface area contributed by atoms with Gasteiger partial charge in [-0.3, -0.25) is 14.5 Å². The van der Waals surface area contributed by atoms with Crippen molar-refractivity contribution in [1.29, 1.82) is 0 Å². The maximum absolute atomic E-state index is 12.7. The molecule has 1 atom stereocenters. The molecule has 1 N–H and O–H groups in total. The smallest absolute Gasteiger partial charge is 0.231 e. The number of thioether (sulfide) groups is 1. The van der Waals surface area contributed by atoms with Crippen molar-refractivity contribution in [1.82, 2.24) is 15.1 Å². The number of nitrogens with one attached hydrogen (secondary N) is 1. The molecule has 0 bridgehead atoms. The summed E-state index contributed by atoms with van der Waals surface area (Å²) in [6.45, 7) is 6.88. The fourth-order valence-corrected chi connectivity index (χ4v) is 5.37. The first-order valence-corrected chi connectivity index (χ1v) is 11.8. The Morgan fingerprint density at radius 2 is 2.17 bits per heavy atom. The fourth-order valence-electron chi connectivity index (χ4n) is 3.54. The number of nitrogens with zero attached hydrogens (tertiary/aromatic N) is 4. The molecular formula is C20H25N5O3S2. The SMILES string of the molecule is Cc1cccc(N2C[C@@H](C(=O)Nc3nnc(SCCN4CCOCC4)s3)CC2=O)c1. The number of ether oxygens (including phenoxy) is 1. The second-order valence-electron chi connectivity index (χ2n) is 7.41. The van der Waals surface area contributed by atoms with Crippen molar-refractivity contribution in [3.05, 3.63) is 29.8 Å². The standard InChI is InChI=1S/C20H25N5O3S2/c1-14-3-2-4-16(11-14)25-13-15(12-17(25)26)18(27)21-19-22-23-20(30-19)29-10-7-24-5-8-28-9-6-24/h2-4,11,15H,5-10,12-13H2,1H3,(H,21,22,27)/t15-/m0/s1. The van der Waals surface area contributed by atoms with E-state index in [1.54, 1.807) is 16.7 Å². The van der Waals surface area contributed by atoms with Gasteiger partial charge in [0.25, 0.3) is 0 Å². The zero-order valence-electron chi connectivity index (χ0n) is 16.9. The van der Waals surface area contributed by atoms with Gasteiger partial charge in [-0.1, -0.05) is 35.2 Å². The van der Waals surface area contributed by atoms with Crippen LogP contribution < -0.4 is 10.2 Å². The number of benzene rings is 1. The number of hydrogen-bond donors (Lipinski definition) is 1. The summed E-state index contributed by atoms with van der Waals surface area (Å²) in [7, 11) is 0. The van der Waals surface area contributed by atoms with E-state index in [1.165, 1.54) is 11.3 Å². The average molecular weight is 448 g/mol. The number of carbonyl (C=O) groups is 2. The molecule has 2 aromatic rings. The molecular weight excluding hydrogens is 422 g/mol. The van der Waals surface area contributed by atoms with Gasteiger partial charge >= 0.3 is 0 Å². The van der Waals surface area contributed by atoms with Crippen LogP contribution in [0.3, 0.4) is 0 Å². The van der Waals surface area contributed by atoms with E-state index in [4.69, 9.17) is 4.74 Å². The van der Waals surface area contributed by atoms with Crippen molar-refractivity contribution >= 4 is 45.7 Å². The largest absolute Gasteiger partial charge is 0.379 e. The van der Waals surface area contributed by atoms with Crippen molar-refractivity contribution in [3.63, 3.8) is 0 Å². The van der Waals surface area contributed by atoms with E-state index in [2.05, 4.69) is 20.4 Å². The lowest BCUT2D eigenvalue weighted by Crippen LogP contribution is -2.37. The predicted octanol–water partition coefficient (Wildman–Crippen LogP) is 2.26. The van der Waals surface area contributed by atoms with Gasteiger partial charge in [0, 0.05) is 44.0 Å². The first-order valence-electron chi connectivity index (χ1n) is 10.0. The molecule has 0 aliphatic carbocycles. The third kappa shape index (κ3) is 5.37. The van der Waals surface area contributed by atoms with E-state index in [0.29, 0.717) is 11.7 Å². The summed E-state index contributed by atoms with van der Waals surface area (Å²) < 4.78 is 6.19. The number of aryl methyl sites for hydroxylation is 1. The summed E-state index contributed by atoms with van der Waals surface area (Å²) >= 11 is 3.02. The van der Waals surface area contributed by atoms with E-state index in [1.807, 2.05) is 31.2 Å². The van der Waals surface area contributed by atoms with Gasteiger partial charge in [0.2, 0.25) is 16.9 Å². The molecule has 30 heavy (non-hydrogen) atoms. The Kier molecular flexibility index (Phi) is 6.98. The van der Waals surface area contributed by atoms with E-state index in [9.17, 15) is 9.59 Å². The molecule has 2 saturated heterocycles. The summed E-state index contributed by atoms with van der Waals surface area (Å²) in [4.78, 5) is 29.1. The van der Waals surface area contributed by atoms with Crippen LogP contribution in [0.2, 0.25) is 0 Å². The van der Waals surface area contributed by atoms with Gasteiger partial charge in [0.05, 0.1) is 19.1 Å². The van der Waals surface area contributed by atoms with Crippen molar-refractivity contribution in [2.75, 3.05) is 55.4 Å². The number of morpholine rings is 1. The molecule has 0 radical (unpaired) electrons. The molecule has 0 unspecified atom stereocenters. The summed E-state index contributed by atoms with van der Waals surface area (Å²) in [5.41, 5.74) is 1.92. The van der Waals surface area contributed by atoms with E-state index in [0.717, 1.165) is 54.2 Å². The highest BCUT2D eigenvalue weighted by molar-refractivity contribution is 8.01. The molecule has 0 spiro atoms. The summed E-state index contributed by atoms with van der Waals surface area (Å²) in [5.74, 6) is 0.321. The Hall–Kier alpha value is -2.01. The Morgan fingerprint density at radius 3 is 2.97 bits per heavy atom. The van der Waals surface area contributed by atoms with Crippen LogP contribution in [0, 0.1) is 12.8 Å². The molecule has 10 heteroatoms. The molecule has 8 nitrogen and oxygen atoms in total. The van der Waals surface area contributed by atoms with Gasteiger partial charge in [-0.05, 0) is 24.6 Å². The van der Waals surface area contributed by atoms with E-state index < -0.39 is 0 Å². The van der Waals surface area contributed by atoms with Gasteiger partial charge in [-0.25, -0.2) is 0 Å². The number of rotatable bonds is 7. The van der Waals surface area contributed by atoms with E-state index >= 15 is 0 Å². The Bertz CT molecular complexity index is 900. The summed E-state index contributed by atoms with van der Waals surface area (Å²) in [6, 6.07) is 7.77. The molecule has 2 amide bonds. The third-order valence-electron chi connectivity index (χ3n) is 5.18. The minimum atomic E-state index is -0.390. The molecule has 160 valence electrons. The van der Waals surface area contributed by atoms with Crippen LogP contribution in [0.25, 0.3) is 0 Å². The Balaban J connectivity index is 1.26. The highest BCUT2D eigenvalue weighted by Crippen LogP contribution is 2.29. The number of amides is 2. The minimum absolute atomic E-state index is 0.0302. The molecule has 2 aliphatic heterocycles. The van der Waals surface area contributed by atoms with Crippen LogP contribution in [0.15, 0.2) is 28.6 Å². The average Bonchev–Trinajstić information content (AvgIpc) is 3.35. The molecule has 0 saturated carbocycles. The Labute approximate surface area is 184 Å². The molecule has 2 aliphatic rings. The van der Waals surface area contributed by atoms with Crippen molar-refractivity contribution in [2.24, 2.45) is 5.92 Å². The van der Waals surface area contributed by atoms with Gasteiger partial charge < -0.3 is 15.0 Å². The van der Waals surface area contributed by atoms with Crippen LogP contribution in [0.5, 0.6) is 0 Å². The topological polar surface area (TPSA) is 87.7 Å². The number of anilines is 2. The van der Waals surface area contributed by atoms with Crippen LogP contribution in [0.4, 0.5) is 10.8 Å². The van der Waals surface area contributed by atoms with Crippen LogP contribution >= 0.6 is 23.1 Å². The maximum Gasteiger partial charge on any atom is 0.231 e. The molecule has 2 fully saturated rings. The van der Waals surface area contributed by atoms with Crippen LogP contribution in [-0.2, 0) is 14.3 Å². The van der Waals surface area contributed by atoms with Crippen molar-refractivity contribution < 1.29 is 14.3 Å². The highest BCUT2D eigenvalue weighted by Gasteiger charge is 2.35. The van der Waals surface area contributed by atoms with Crippen molar-refractivity contribution in [3.8, 4) is 0 Å². The lowest BCUT2D eigenvalue weighted by Gasteiger charge is -2.25. The van der Waals surface area contributed by atoms with Crippen LogP contribution in [-0.4, -0.2) is 72.1 Å². The second-order valence-corrected chi connectivity index (χ2v) is 9.73. The van der Waals surface area contributed by atoms with Gasteiger partial charge in [0.15, 0.2) is 4.34 Å². The first kappa shape index (κ1) is 21.2. The van der Waals surface area contributed by atoms with Crippen LogP contribution in [0.1, 0.15) is 12.0 Å². The quantitative estimate of drug-likeness (QED) is 0.515.